The van der Waals surface area contributed by atoms with Crippen molar-refractivity contribution in [3.05, 3.63) is 0 Å². The number of guanidine groups is 1. The number of halogens is 1. The van der Waals surface area contributed by atoms with Gasteiger partial charge in [-0.2, -0.15) is 0 Å². The Bertz CT molecular complexity index is 323. The summed E-state index contributed by atoms with van der Waals surface area (Å²) in [4.78, 5) is 15.9. The van der Waals surface area contributed by atoms with Gasteiger partial charge in [0.2, 0.25) is 5.91 Å². The zero-order valence-corrected chi connectivity index (χ0v) is 17.6. The molecule has 0 aromatic heterocycles. The van der Waals surface area contributed by atoms with Gasteiger partial charge in [-0.3, -0.25) is 9.79 Å². The van der Waals surface area contributed by atoms with Gasteiger partial charge in [-0.15, -0.1) is 24.0 Å². The lowest BCUT2D eigenvalue weighted by Crippen LogP contribution is -2.42. The monoisotopic (exact) mass is 442 g/mol. The molecule has 0 aromatic rings. The molecule has 1 amide bonds. The Labute approximate surface area is 158 Å². The average molecular weight is 442 g/mol. The lowest BCUT2D eigenvalue weighted by atomic mass is 10.2. The number of rotatable bonds is 11. The minimum absolute atomic E-state index is 0. The number of nitrogens with zero attached hydrogens (tertiary/aromatic N) is 1. The maximum absolute atomic E-state index is 11.4. The molecule has 0 aliphatic carbocycles. The summed E-state index contributed by atoms with van der Waals surface area (Å²) in [5.41, 5.74) is 0. The standard InChI is InChI=1S/C16H34N4O2.HI/c1-6-17-16(19-8-7-11-22-12-13(2)3)20-10-9-18-15(21)14(4)5;/h13-14H,6-12H2,1-5H3,(H,18,21)(H2,17,19,20);1H. The molecule has 23 heavy (non-hydrogen) atoms. The maximum Gasteiger partial charge on any atom is 0.222 e. The Morgan fingerprint density at radius 2 is 1.74 bits per heavy atom. The number of hydrogen-bond donors (Lipinski definition) is 3. The Balaban J connectivity index is 0. The number of hydrogen-bond acceptors (Lipinski definition) is 3. The summed E-state index contributed by atoms with van der Waals surface area (Å²) in [5, 5.41) is 9.27. The lowest BCUT2D eigenvalue weighted by molar-refractivity contribution is -0.123. The van der Waals surface area contributed by atoms with Crippen molar-refractivity contribution in [3.8, 4) is 0 Å². The van der Waals surface area contributed by atoms with E-state index in [1.165, 1.54) is 0 Å². The van der Waals surface area contributed by atoms with Gasteiger partial charge in [0.25, 0.3) is 0 Å². The van der Waals surface area contributed by atoms with Crippen LogP contribution in [0.1, 0.15) is 41.0 Å². The molecular formula is C16H35IN4O2. The van der Waals surface area contributed by atoms with Gasteiger partial charge in [-0.25, -0.2) is 0 Å². The summed E-state index contributed by atoms with van der Waals surface area (Å²) in [5.74, 6) is 1.45. The number of carbonyl (C=O) groups is 1. The fourth-order valence-electron chi connectivity index (χ4n) is 1.59. The minimum Gasteiger partial charge on any atom is -0.381 e. The zero-order valence-electron chi connectivity index (χ0n) is 15.3. The van der Waals surface area contributed by atoms with Crippen molar-refractivity contribution < 1.29 is 9.53 Å². The Morgan fingerprint density at radius 3 is 2.30 bits per heavy atom. The first kappa shape index (κ1) is 24.7. The number of aliphatic imine (C=N–C) groups is 1. The highest BCUT2D eigenvalue weighted by Gasteiger charge is 2.05. The van der Waals surface area contributed by atoms with Crippen molar-refractivity contribution in [1.29, 1.82) is 0 Å². The third-order valence-electron chi connectivity index (χ3n) is 2.75. The molecule has 0 fully saturated rings. The van der Waals surface area contributed by atoms with Gasteiger partial charge >= 0.3 is 0 Å². The second-order valence-electron chi connectivity index (χ2n) is 5.96. The van der Waals surface area contributed by atoms with Crippen LogP contribution in [0.15, 0.2) is 4.99 Å². The Hall–Kier alpha value is -0.570. The molecule has 0 spiro atoms. The molecule has 7 heteroatoms. The van der Waals surface area contributed by atoms with Gasteiger partial charge < -0.3 is 20.7 Å². The predicted molar refractivity (Wildman–Crippen MR) is 108 cm³/mol. The van der Waals surface area contributed by atoms with E-state index >= 15 is 0 Å². The van der Waals surface area contributed by atoms with Crippen molar-refractivity contribution in [2.45, 2.75) is 41.0 Å². The van der Waals surface area contributed by atoms with E-state index in [1.54, 1.807) is 0 Å². The summed E-state index contributed by atoms with van der Waals surface area (Å²) >= 11 is 0. The van der Waals surface area contributed by atoms with Gasteiger partial charge in [-0.05, 0) is 19.3 Å². The molecule has 138 valence electrons. The Kier molecular flexibility index (Phi) is 17.5. The van der Waals surface area contributed by atoms with E-state index in [0.29, 0.717) is 19.0 Å². The van der Waals surface area contributed by atoms with E-state index in [0.717, 1.165) is 38.7 Å². The first-order valence-electron chi connectivity index (χ1n) is 8.35. The van der Waals surface area contributed by atoms with Crippen LogP contribution >= 0.6 is 24.0 Å². The van der Waals surface area contributed by atoms with Gasteiger partial charge in [0.1, 0.15) is 0 Å². The van der Waals surface area contributed by atoms with E-state index in [1.807, 2.05) is 20.8 Å². The van der Waals surface area contributed by atoms with Gasteiger partial charge in [0, 0.05) is 45.3 Å². The topological polar surface area (TPSA) is 74.8 Å². The highest BCUT2D eigenvalue weighted by atomic mass is 127. The molecule has 0 aromatic carbocycles. The van der Waals surface area contributed by atoms with Crippen molar-refractivity contribution >= 4 is 35.8 Å². The minimum atomic E-state index is 0. The molecular weight excluding hydrogens is 407 g/mol. The van der Waals surface area contributed by atoms with Crippen LogP contribution in [-0.2, 0) is 9.53 Å². The van der Waals surface area contributed by atoms with Crippen LogP contribution in [0.25, 0.3) is 0 Å². The zero-order chi connectivity index (χ0) is 16.8. The molecule has 6 nitrogen and oxygen atoms in total. The first-order valence-corrected chi connectivity index (χ1v) is 8.35. The SMILES string of the molecule is CCNC(=NCCCOCC(C)C)NCCNC(=O)C(C)C.I. The van der Waals surface area contributed by atoms with Crippen LogP contribution < -0.4 is 16.0 Å². The van der Waals surface area contributed by atoms with Crippen LogP contribution in [0.5, 0.6) is 0 Å². The quantitative estimate of drug-likeness (QED) is 0.198. The molecule has 0 bridgehead atoms. The highest BCUT2D eigenvalue weighted by Crippen LogP contribution is 1.93. The molecule has 0 saturated carbocycles. The third-order valence-corrected chi connectivity index (χ3v) is 2.75. The van der Waals surface area contributed by atoms with Crippen LogP contribution in [0.4, 0.5) is 0 Å². The van der Waals surface area contributed by atoms with E-state index in [2.05, 4.69) is 34.8 Å². The van der Waals surface area contributed by atoms with Crippen molar-refractivity contribution in [2.75, 3.05) is 39.4 Å². The maximum atomic E-state index is 11.4. The highest BCUT2D eigenvalue weighted by molar-refractivity contribution is 14.0. The Morgan fingerprint density at radius 1 is 1.09 bits per heavy atom. The number of nitrogens with one attached hydrogen (secondary N) is 3. The summed E-state index contributed by atoms with van der Waals surface area (Å²) in [6.07, 6.45) is 0.910. The molecule has 0 aliphatic rings. The fourth-order valence-corrected chi connectivity index (χ4v) is 1.59. The predicted octanol–water partition coefficient (Wildman–Crippen LogP) is 1.99. The summed E-state index contributed by atoms with van der Waals surface area (Å²) in [7, 11) is 0. The summed E-state index contributed by atoms with van der Waals surface area (Å²) in [6, 6.07) is 0. The second kappa shape index (κ2) is 16.3. The second-order valence-corrected chi connectivity index (χ2v) is 5.96. The molecule has 0 saturated heterocycles. The smallest absolute Gasteiger partial charge is 0.222 e. The van der Waals surface area contributed by atoms with Crippen LogP contribution in [0, 0.1) is 11.8 Å². The van der Waals surface area contributed by atoms with E-state index in [9.17, 15) is 4.79 Å². The molecule has 0 heterocycles. The van der Waals surface area contributed by atoms with E-state index < -0.39 is 0 Å². The average Bonchev–Trinajstić information content (AvgIpc) is 2.46. The molecule has 0 unspecified atom stereocenters. The van der Waals surface area contributed by atoms with Crippen LogP contribution in [0.2, 0.25) is 0 Å². The molecule has 0 atom stereocenters. The number of ether oxygens (including phenoxy) is 1. The molecule has 0 aliphatic heterocycles. The normalized spacial score (nSPS) is 11.3. The van der Waals surface area contributed by atoms with Gasteiger partial charge in [-0.1, -0.05) is 27.7 Å². The number of carbonyl (C=O) groups excluding carboxylic acids is 1. The van der Waals surface area contributed by atoms with Gasteiger partial charge in [0.05, 0.1) is 0 Å². The van der Waals surface area contributed by atoms with Gasteiger partial charge in [0.15, 0.2) is 5.96 Å². The van der Waals surface area contributed by atoms with E-state index in [-0.39, 0.29) is 35.8 Å². The first-order chi connectivity index (χ1) is 10.5. The summed E-state index contributed by atoms with van der Waals surface area (Å²) in [6.45, 7) is 14.4. The largest absolute Gasteiger partial charge is 0.381 e. The lowest BCUT2D eigenvalue weighted by Gasteiger charge is -2.12. The molecule has 0 rings (SSSR count). The third kappa shape index (κ3) is 16.1. The summed E-state index contributed by atoms with van der Waals surface area (Å²) < 4.78 is 5.53. The van der Waals surface area contributed by atoms with Crippen LogP contribution in [-0.4, -0.2) is 51.3 Å². The molecule has 0 radical (unpaired) electrons. The molecule has 3 N–H and O–H groups in total. The van der Waals surface area contributed by atoms with Crippen molar-refractivity contribution in [1.82, 2.24) is 16.0 Å². The fraction of sp³-hybridized carbons (Fsp3) is 0.875. The van der Waals surface area contributed by atoms with E-state index in [4.69, 9.17) is 4.74 Å². The van der Waals surface area contributed by atoms with Crippen molar-refractivity contribution in [2.24, 2.45) is 16.8 Å². The van der Waals surface area contributed by atoms with Crippen molar-refractivity contribution in [3.63, 3.8) is 0 Å². The van der Waals surface area contributed by atoms with Crippen LogP contribution in [0.3, 0.4) is 0 Å². The number of amides is 1.